The van der Waals surface area contributed by atoms with Crippen LogP contribution >= 0.6 is 11.6 Å². The van der Waals surface area contributed by atoms with Gasteiger partial charge in [-0.1, -0.05) is 35.9 Å². The van der Waals surface area contributed by atoms with Crippen LogP contribution in [0.15, 0.2) is 42.5 Å². The first-order valence-corrected chi connectivity index (χ1v) is 6.39. The third-order valence-electron chi connectivity index (χ3n) is 2.84. The second-order valence-electron chi connectivity index (χ2n) is 4.44. The Hall–Kier alpha value is -1.61. The van der Waals surface area contributed by atoms with Crippen LogP contribution in [-0.2, 0) is 6.42 Å². The van der Waals surface area contributed by atoms with E-state index in [0.717, 1.165) is 0 Å². The molecule has 19 heavy (non-hydrogen) atoms. The molecule has 0 saturated heterocycles. The molecule has 0 spiro atoms. The summed E-state index contributed by atoms with van der Waals surface area (Å²) < 4.78 is 27.2. The van der Waals surface area contributed by atoms with Crippen molar-refractivity contribution < 1.29 is 8.78 Å². The zero-order valence-electron chi connectivity index (χ0n) is 10.5. The van der Waals surface area contributed by atoms with Crippen LogP contribution in [0.5, 0.6) is 0 Å². The van der Waals surface area contributed by atoms with Crippen LogP contribution in [-0.4, -0.2) is 6.04 Å². The molecule has 1 unspecified atom stereocenters. The average Bonchev–Trinajstić information content (AvgIpc) is 2.38. The summed E-state index contributed by atoms with van der Waals surface area (Å²) >= 11 is 5.71. The van der Waals surface area contributed by atoms with Gasteiger partial charge in [0.2, 0.25) is 0 Å². The Morgan fingerprint density at radius 1 is 1.11 bits per heavy atom. The molecule has 1 N–H and O–H groups in total. The first-order valence-electron chi connectivity index (χ1n) is 6.02. The molecular weight excluding hydrogens is 268 g/mol. The maximum absolute atomic E-state index is 13.7. The number of hydrogen-bond donors (Lipinski definition) is 1. The monoisotopic (exact) mass is 281 g/mol. The third-order valence-corrected chi connectivity index (χ3v) is 3.13. The molecule has 2 aromatic rings. The lowest BCUT2D eigenvalue weighted by atomic mass is 10.1. The molecule has 2 rings (SSSR count). The fourth-order valence-corrected chi connectivity index (χ4v) is 2.10. The quantitative estimate of drug-likeness (QED) is 0.859. The second kappa shape index (κ2) is 6.02. The topological polar surface area (TPSA) is 12.0 Å². The van der Waals surface area contributed by atoms with Gasteiger partial charge in [0.25, 0.3) is 0 Å². The van der Waals surface area contributed by atoms with E-state index in [4.69, 9.17) is 11.6 Å². The Bertz CT molecular complexity index is 572. The van der Waals surface area contributed by atoms with E-state index in [1.807, 2.05) is 6.92 Å². The molecule has 0 amide bonds. The van der Waals surface area contributed by atoms with Crippen molar-refractivity contribution in [1.82, 2.24) is 0 Å². The van der Waals surface area contributed by atoms with Crippen molar-refractivity contribution >= 4 is 17.3 Å². The number of nitrogens with one attached hydrogen (secondary N) is 1. The van der Waals surface area contributed by atoms with Crippen molar-refractivity contribution in [3.05, 3.63) is 64.7 Å². The van der Waals surface area contributed by atoms with Gasteiger partial charge in [-0.3, -0.25) is 0 Å². The van der Waals surface area contributed by atoms with Crippen molar-refractivity contribution in [2.75, 3.05) is 5.32 Å². The summed E-state index contributed by atoms with van der Waals surface area (Å²) in [5.74, 6) is -0.729. The van der Waals surface area contributed by atoms with Gasteiger partial charge < -0.3 is 5.32 Å². The Kier molecular flexibility index (Phi) is 4.38. The van der Waals surface area contributed by atoms with E-state index in [2.05, 4.69) is 5.32 Å². The zero-order valence-corrected chi connectivity index (χ0v) is 11.2. The normalized spacial score (nSPS) is 12.2. The van der Waals surface area contributed by atoms with Gasteiger partial charge in [0.05, 0.1) is 10.7 Å². The third kappa shape index (κ3) is 3.44. The molecule has 0 heterocycles. The Balaban J connectivity index is 2.08. The van der Waals surface area contributed by atoms with Crippen LogP contribution < -0.4 is 5.32 Å². The molecule has 0 bridgehead atoms. The van der Waals surface area contributed by atoms with Crippen LogP contribution in [0.2, 0.25) is 5.02 Å². The van der Waals surface area contributed by atoms with Crippen molar-refractivity contribution in [2.45, 2.75) is 19.4 Å². The molecule has 100 valence electrons. The highest BCUT2D eigenvalue weighted by Crippen LogP contribution is 2.23. The second-order valence-corrected chi connectivity index (χ2v) is 4.85. The summed E-state index contributed by atoms with van der Waals surface area (Å²) in [7, 11) is 0. The number of halogens is 3. The zero-order chi connectivity index (χ0) is 13.8. The van der Waals surface area contributed by atoms with E-state index in [0.29, 0.717) is 17.7 Å². The van der Waals surface area contributed by atoms with Crippen molar-refractivity contribution in [3.8, 4) is 0 Å². The van der Waals surface area contributed by atoms with Gasteiger partial charge in [-0.15, -0.1) is 0 Å². The highest BCUT2D eigenvalue weighted by Gasteiger charge is 2.11. The number of rotatable bonds is 4. The highest BCUT2D eigenvalue weighted by molar-refractivity contribution is 6.31. The minimum absolute atomic E-state index is 0.0723. The fraction of sp³-hybridized carbons (Fsp3) is 0.200. The van der Waals surface area contributed by atoms with Crippen LogP contribution in [0.3, 0.4) is 0 Å². The van der Waals surface area contributed by atoms with Crippen LogP contribution in [0.4, 0.5) is 14.5 Å². The summed E-state index contributed by atoms with van der Waals surface area (Å²) in [5, 5.41) is 3.07. The molecule has 0 aliphatic heterocycles. The summed E-state index contributed by atoms with van der Waals surface area (Å²) in [6.07, 6.45) is 0.471. The summed E-state index contributed by atoms with van der Waals surface area (Å²) in [4.78, 5) is 0. The number of benzene rings is 2. The molecule has 1 atom stereocenters. The van der Waals surface area contributed by atoms with Crippen molar-refractivity contribution in [2.24, 2.45) is 0 Å². The molecule has 0 radical (unpaired) electrons. The maximum Gasteiger partial charge on any atom is 0.164 e. The molecule has 0 aromatic heterocycles. The van der Waals surface area contributed by atoms with Gasteiger partial charge >= 0.3 is 0 Å². The van der Waals surface area contributed by atoms with E-state index in [1.165, 1.54) is 12.1 Å². The molecule has 1 nitrogen and oxygen atoms in total. The standard InChI is InChI=1S/C15H14ClF2N/c1-10(9-11-5-2-3-7-13(11)17)19-14-8-4-6-12(16)15(14)18/h2-8,10,19H,9H2,1H3. The van der Waals surface area contributed by atoms with Crippen LogP contribution in [0, 0.1) is 11.6 Å². The minimum atomic E-state index is -0.482. The highest BCUT2D eigenvalue weighted by atomic mass is 35.5. The smallest absolute Gasteiger partial charge is 0.164 e. The van der Waals surface area contributed by atoms with Gasteiger partial charge in [-0.2, -0.15) is 0 Å². The number of anilines is 1. The van der Waals surface area contributed by atoms with E-state index >= 15 is 0 Å². The van der Waals surface area contributed by atoms with Crippen molar-refractivity contribution in [3.63, 3.8) is 0 Å². The SMILES string of the molecule is CC(Cc1ccccc1F)Nc1cccc(Cl)c1F. The van der Waals surface area contributed by atoms with Gasteiger partial charge in [0, 0.05) is 6.04 Å². The fourth-order valence-electron chi connectivity index (χ4n) is 1.93. The van der Waals surface area contributed by atoms with Gasteiger partial charge in [0.15, 0.2) is 5.82 Å². The van der Waals surface area contributed by atoms with Gasteiger partial charge in [-0.25, -0.2) is 8.78 Å². The maximum atomic E-state index is 13.7. The van der Waals surface area contributed by atoms with Crippen LogP contribution in [0.25, 0.3) is 0 Å². The van der Waals surface area contributed by atoms with E-state index in [9.17, 15) is 8.78 Å². The molecular formula is C15H14ClF2N. The summed E-state index contributed by atoms with van der Waals surface area (Å²) in [6.45, 7) is 1.87. The molecule has 4 heteroatoms. The summed E-state index contributed by atoms with van der Waals surface area (Å²) in [5.41, 5.74) is 0.932. The lowest BCUT2D eigenvalue weighted by molar-refractivity contribution is 0.598. The predicted molar refractivity (Wildman–Crippen MR) is 74.6 cm³/mol. The Labute approximate surface area is 116 Å². The number of hydrogen-bond acceptors (Lipinski definition) is 1. The molecule has 0 aliphatic rings. The molecule has 0 fully saturated rings. The predicted octanol–water partition coefficient (Wildman–Crippen LogP) is 4.66. The molecule has 0 aliphatic carbocycles. The Morgan fingerprint density at radius 3 is 2.58 bits per heavy atom. The largest absolute Gasteiger partial charge is 0.380 e. The summed E-state index contributed by atoms with van der Waals surface area (Å²) in [6, 6.07) is 11.2. The first-order chi connectivity index (χ1) is 9.08. The van der Waals surface area contributed by atoms with Crippen LogP contribution in [0.1, 0.15) is 12.5 Å². The lowest BCUT2D eigenvalue weighted by Gasteiger charge is -2.16. The van der Waals surface area contributed by atoms with Gasteiger partial charge in [0.1, 0.15) is 5.82 Å². The minimum Gasteiger partial charge on any atom is -0.380 e. The first kappa shape index (κ1) is 13.8. The van der Waals surface area contributed by atoms with E-state index in [1.54, 1.807) is 30.3 Å². The molecule has 2 aromatic carbocycles. The Morgan fingerprint density at radius 2 is 1.84 bits per heavy atom. The molecule has 0 saturated carbocycles. The van der Waals surface area contributed by atoms with E-state index < -0.39 is 5.82 Å². The van der Waals surface area contributed by atoms with Gasteiger partial charge in [-0.05, 0) is 37.1 Å². The lowest BCUT2D eigenvalue weighted by Crippen LogP contribution is -2.19. The van der Waals surface area contributed by atoms with E-state index in [-0.39, 0.29) is 16.9 Å². The average molecular weight is 282 g/mol. The van der Waals surface area contributed by atoms with Crippen molar-refractivity contribution in [1.29, 1.82) is 0 Å².